The number of benzene rings is 1. The highest BCUT2D eigenvalue weighted by molar-refractivity contribution is 5.94. The number of hydrogen-bond acceptors (Lipinski definition) is 4. The Morgan fingerprint density at radius 1 is 1.23 bits per heavy atom. The first-order valence-electron chi connectivity index (χ1n) is 3.67. The Balaban J connectivity index is 3.29. The highest BCUT2D eigenvalue weighted by Crippen LogP contribution is 2.26. The molecule has 4 nitrogen and oxygen atoms in total. The van der Waals surface area contributed by atoms with Gasteiger partial charge in [0.1, 0.15) is 11.5 Å². The predicted octanol–water partition coefficient (Wildman–Crippen LogP) is 0.389. The predicted molar refractivity (Wildman–Crippen MR) is 46.4 cm³/mol. The summed E-state index contributed by atoms with van der Waals surface area (Å²) < 4.78 is 9.86. The van der Waals surface area contributed by atoms with Crippen molar-refractivity contribution in [3.8, 4) is 11.5 Å². The second kappa shape index (κ2) is 3.80. The van der Waals surface area contributed by atoms with Gasteiger partial charge in [0, 0.05) is 0 Å². The first-order valence-corrected chi connectivity index (χ1v) is 3.67. The van der Waals surface area contributed by atoms with Crippen LogP contribution in [-0.2, 0) is 0 Å². The van der Waals surface area contributed by atoms with Crippen molar-refractivity contribution in [3.05, 3.63) is 23.8 Å². The van der Waals surface area contributed by atoms with Crippen LogP contribution in [0.1, 0.15) is 5.56 Å². The van der Waals surface area contributed by atoms with E-state index in [0.717, 1.165) is 0 Å². The van der Waals surface area contributed by atoms with Crippen molar-refractivity contribution in [1.29, 1.82) is 5.41 Å². The number of hydrogen-bond donors (Lipinski definition) is 1. The minimum absolute atomic E-state index is 0.160. The van der Waals surface area contributed by atoms with Crippen LogP contribution in [0.5, 0.6) is 11.5 Å². The minimum Gasteiger partial charge on any atom is -0.858 e. The lowest BCUT2D eigenvalue weighted by Gasteiger charge is -2.15. The average Bonchev–Trinajstić information content (AvgIpc) is 2.16. The maximum Gasteiger partial charge on any atom is 0.130 e. The van der Waals surface area contributed by atoms with Gasteiger partial charge in [-0.05, 0) is 18.0 Å². The third kappa shape index (κ3) is 1.72. The fraction of sp³-hybridized carbons (Fsp3) is 0.222. The standard InChI is InChI=1S/C9H11NO3/c1-12-6-4-3-5-7(13-2)8(6)9(10)11/h3-5H,1-2H3,(H2,10,11)/p-1. The van der Waals surface area contributed by atoms with Crippen molar-refractivity contribution >= 4 is 5.90 Å². The molecule has 0 aliphatic heterocycles. The fourth-order valence-electron chi connectivity index (χ4n) is 1.07. The molecule has 0 aliphatic carbocycles. The molecule has 70 valence electrons. The van der Waals surface area contributed by atoms with Crippen LogP contribution in [-0.4, -0.2) is 20.1 Å². The minimum atomic E-state index is -0.811. The van der Waals surface area contributed by atoms with Gasteiger partial charge >= 0.3 is 0 Å². The van der Waals surface area contributed by atoms with Crippen LogP contribution in [0.2, 0.25) is 0 Å². The van der Waals surface area contributed by atoms with E-state index in [0.29, 0.717) is 11.5 Å². The highest BCUT2D eigenvalue weighted by Gasteiger charge is 2.07. The van der Waals surface area contributed by atoms with Crippen LogP contribution in [0.3, 0.4) is 0 Å². The van der Waals surface area contributed by atoms with E-state index in [1.165, 1.54) is 14.2 Å². The maximum absolute atomic E-state index is 10.9. The smallest absolute Gasteiger partial charge is 0.130 e. The topological polar surface area (TPSA) is 65.4 Å². The molecule has 0 aliphatic rings. The number of nitrogens with one attached hydrogen (secondary N) is 1. The van der Waals surface area contributed by atoms with Crippen LogP contribution < -0.4 is 14.6 Å². The van der Waals surface area contributed by atoms with Crippen molar-refractivity contribution in [1.82, 2.24) is 0 Å². The number of rotatable bonds is 3. The summed E-state index contributed by atoms with van der Waals surface area (Å²) >= 11 is 0. The zero-order valence-corrected chi connectivity index (χ0v) is 7.46. The van der Waals surface area contributed by atoms with Crippen LogP contribution in [0.25, 0.3) is 0 Å². The number of ether oxygens (including phenoxy) is 2. The first kappa shape index (κ1) is 9.38. The summed E-state index contributed by atoms with van der Waals surface area (Å²) in [6, 6.07) is 4.93. The van der Waals surface area contributed by atoms with E-state index in [2.05, 4.69) is 0 Å². The summed E-state index contributed by atoms with van der Waals surface area (Å²) in [6.07, 6.45) is 0. The normalized spacial score (nSPS) is 9.38. The van der Waals surface area contributed by atoms with E-state index in [1.54, 1.807) is 18.2 Å². The van der Waals surface area contributed by atoms with Gasteiger partial charge in [0.2, 0.25) is 0 Å². The Hall–Kier alpha value is -1.71. The van der Waals surface area contributed by atoms with Crippen molar-refractivity contribution in [3.63, 3.8) is 0 Å². The van der Waals surface area contributed by atoms with E-state index in [-0.39, 0.29) is 5.56 Å². The van der Waals surface area contributed by atoms with Gasteiger partial charge in [-0.2, -0.15) is 0 Å². The summed E-state index contributed by atoms with van der Waals surface area (Å²) in [4.78, 5) is 0. The molecule has 1 N–H and O–H groups in total. The molecule has 1 rings (SSSR count). The third-order valence-electron chi connectivity index (χ3n) is 1.65. The van der Waals surface area contributed by atoms with Gasteiger partial charge in [-0.15, -0.1) is 0 Å². The van der Waals surface area contributed by atoms with Gasteiger partial charge in [0.05, 0.1) is 19.8 Å². The molecule has 0 fully saturated rings. The van der Waals surface area contributed by atoms with E-state index in [4.69, 9.17) is 14.9 Å². The zero-order valence-electron chi connectivity index (χ0n) is 7.46. The van der Waals surface area contributed by atoms with Crippen molar-refractivity contribution in [2.45, 2.75) is 0 Å². The van der Waals surface area contributed by atoms with E-state index < -0.39 is 5.90 Å². The first-order chi connectivity index (χ1) is 6.20. The average molecular weight is 180 g/mol. The fourth-order valence-corrected chi connectivity index (χ4v) is 1.07. The third-order valence-corrected chi connectivity index (χ3v) is 1.65. The summed E-state index contributed by atoms with van der Waals surface area (Å²) in [5.74, 6) is -0.0898. The largest absolute Gasteiger partial charge is 0.858 e. The molecule has 0 aromatic heterocycles. The summed E-state index contributed by atoms with van der Waals surface area (Å²) in [7, 11) is 2.89. The van der Waals surface area contributed by atoms with Gasteiger partial charge < -0.3 is 20.0 Å². The molecule has 0 unspecified atom stereocenters. The Bertz CT molecular complexity index is 300. The molecule has 13 heavy (non-hydrogen) atoms. The lowest BCUT2D eigenvalue weighted by atomic mass is 10.2. The van der Waals surface area contributed by atoms with Gasteiger partial charge in [-0.1, -0.05) is 6.07 Å². The molecule has 0 atom stereocenters. The summed E-state index contributed by atoms with van der Waals surface area (Å²) in [5, 5.41) is 17.9. The molecule has 0 bridgehead atoms. The molecular weight excluding hydrogens is 170 g/mol. The molecule has 0 heterocycles. The van der Waals surface area contributed by atoms with Gasteiger partial charge in [-0.25, -0.2) is 0 Å². The zero-order chi connectivity index (χ0) is 9.84. The molecule has 0 saturated carbocycles. The Labute approximate surface area is 76.2 Å². The second-order valence-electron chi connectivity index (χ2n) is 2.37. The Kier molecular flexibility index (Phi) is 2.74. The van der Waals surface area contributed by atoms with Crippen molar-refractivity contribution in [2.75, 3.05) is 14.2 Å². The SMILES string of the molecule is COc1cccc(OC)c1C(=N)[O-]. The quantitative estimate of drug-likeness (QED) is 0.540. The van der Waals surface area contributed by atoms with Gasteiger partial charge in [0.15, 0.2) is 0 Å². The van der Waals surface area contributed by atoms with Crippen molar-refractivity contribution < 1.29 is 14.6 Å². The molecule has 0 radical (unpaired) electrons. The molecule has 0 spiro atoms. The highest BCUT2D eigenvalue weighted by atomic mass is 16.5. The maximum atomic E-state index is 10.9. The Morgan fingerprint density at radius 3 is 2.00 bits per heavy atom. The van der Waals surface area contributed by atoms with E-state index in [9.17, 15) is 5.11 Å². The van der Waals surface area contributed by atoms with Crippen LogP contribution in [0.15, 0.2) is 18.2 Å². The van der Waals surface area contributed by atoms with Crippen LogP contribution >= 0.6 is 0 Å². The van der Waals surface area contributed by atoms with Crippen LogP contribution in [0, 0.1) is 5.41 Å². The monoisotopic (exact) mass is 180 g/mol. The molecule has 0 amide bonds. The second-order valence-corrected chi connectivity index (χ2v) is 2.37. The van der Waals surface area contributed by atoms with Crippen LogP contribution in [0.4, 0.5) is 0 Å². The van der Waals surface area contributed by atoms with Gasteiger partial charge in [-0.3, -0.25) is 0 Å². The lowest BCUT2D eigenvalue weighted by Crippen LogP contribution is -2.18. The Morgan fingerprint density at radius 2 is 1.69 bits per heavy atom. The summed E-state index contributed by atoms with van der Waals surface area (Å²) in [6.45, 7) is 0. The molecule has 0 saturated heterocycles. The van der Waals surface area contributed by atoms with Crippen molar-refractivity contribution in [2.24, 2.45) is 0 Å². The molecule has 1 aromatic rings. The molecule has 1 aromatic carbocycles. The van der Waals surface area contributed by atoms with E-state index >= 15 is 0 Å². The lowest BCUT2D eigenvalue weighted by molar-refractivity contribution is -0.214. The van der Waals surface area contributed by atoms with E-state index in [1.807, 2.05) is 0 Å². The number of methoxy groups -OCH3 is 2. The molecular formula is C9H10NO3-. The molecule has 4 heteroatoms. The van der Waals surface area contributed by atoms with Gasteiger partial charge in [0.25, 0.3) is 0 Å². The summed E-state index contributed by atoms with van der Waals surface area (Å²) in [5.41, 5.74) is 0.160.